The van der Waals surface area contributed by atoms with Crippen LogP contribution in [0, 0.1) is 6.92 Å². The quantitative estimate of drug-likeness (QED) is 0.868. The van der Waals surface area contributed by atoms with Gasteiger partial charge in [-0.2, -0.15) is 4.31 Å². The van der Waals surface area contributed by atoms with E-state index >= 15 is 0 Å². The van der Waals surface area contributed by atoms with Crippen molar-refractivity contribution in [2.24, 2.45) is 0 Å². The summed E-state index contributed by atoms with van der Waals surface area (Å²) in [5, 5.41) is 1.07. The summed E-state index contributed by atoms with van der Waals surface area (Å²) in [5.74, 6) is 0. The number of aromatic nitrogens is 2. The largest absolute Gasteiger partial charge is 0.263 e. The Kier molecular flexibility index (Phi) is 4.19. The van der Waals surface area contributed by atoms with Gasteiger partial charge in [-0.3, -0.25) is 4.98 Å². The van der Waals surface area contributed by atoms with Gasteiger partial charge < -0.3 is 0 Å². The van der Waals surface area contributed by atoms with E-state index in [1.54, 1.807) is 6.20 Å². The fraction of sp³-hybridized carbons (Fsp3) is 0.273. The third-order valence-electron chi connectivity index (χ3n) is 2.47. The van der Waals surface area contributed by atoms with Crippen LogP contribution in [0.1, 0.15) is 9.88 Å². The van der Waals surface area contributed by atoms with E-state index < -0.39 is 10.0 Å². The van der Waals surface area contributed by atoms with Crippen molar-refractivity contribution in [3.63, 3.8) is 0 Å². The minimum absolute atomic E-state index is 0.0143. The molecule has 102 valence electrons. The summed E-state index contributed by atoms with van der Waals surface area (Å²) in [4.78, 5) is 8.80. The van der Waals surface area contributed by atoms with Crippen molar-refractivity contribution in [3.05, 3.63) is 39.6 Å². The SMILES string of the molecule is Cc1ncc(CN(C)S(=O)(=O)c2cnccc2Cl)s1. The zero-order chi connectivity index (χ0) is 14.0. The lowest BCUT2D eigenvalue weighted by atomic mass is 10.5. The number of aryl methyl sites for hydroxylation is 1. The van der Waals surface area contributed by atoms with Gasteiger partial charge in [0.15, 0.2) is 0 Å². The Morgan fingerprint density at radius 1 is 1.42 bits per heavy atom. The Balaban J connectivity index is 2.27. The molecule has 0 saturated carbocycles. The van der Waals surface area contributed by atoms with E-state index in [1.165, 1.54) is 41.1 Å². The van der Waals surface area contributed by atoms with E-state index in [2.05, 4.69) is 9.97 Å². The van der Waals surface area contributed by atoms with Crippen molar-refractivity contribution in [1.82, 2.24) is 14.3 Å². The molecule has 0 aliphatic carbocycles. The lowest BCUT2D eigenvalue weighted by Gasteiger charge is -2.16. The van der Waals surface area contributed by atoms with Crippen LogP contribution < -0.4 is 0 Å². The Morgan fingerprint density at radius 3 is 2.74 bits per heavy atom. The van der Waals surface area contributed by atoms with E-state index in [4.69, 9.17) is 11.6 Å². The summed E-state index contributed by atoms with van der Waals surface area (Å²) < 4.78 is 25.9. The zero-order valence-corrected chi connectivity index (χ0v) is 12.8. The van der Waals surface area contributed by atoms with Crippen LogP contribution in [0.15, 0.2) is 29.6 Å². The van der Waals surface area contributed by atoms with Gasteiger partial charge in [0.1, 0.15) is 4.90 Å². The van der Waals surface area contributed by atoms with E-state index in [9.17, 15) is 8.42 Å². The monoisotopic (exact) mass is 317 g/mol. The van der Waals surface area contributed by atoms with Crippen molar-refractivity contribution in [2.75, 3.05) is 7.05 Å². The molecule has 0 atom stereocenters. The number of halogens is 1. The molecule has 19 heavy (non-hydrogen) atoms. The first-order valence-corrected chi connectivity index (χ1v) is 8.02. The smallest absolute Gasteiger partial charge is 0.246 e. The first-order chi connectivity index (χ1) is 8.91. The molecular weight excluding hydrogens is 306 g/mol. The second-order valence-electron chi connectivity index (χ2n) is 3.91. The maximum absolute atomic E-state index is 12.3. The summed E-state index contributed by atoms with van der Waals surface area (Å²) in [6, 6.07) is 1.46. The summed E-state index contributed by atoms with van der Waals surface area (Å²) in [6.07, 6.45) is 4.39. The zero-order valence-electron chi connectivity index (χ0n) is 10.4. The van der Waals surface area contributed by atoms with Crippen molar-refractivity contribution in [3.8, 4) is 0 Å². The van der Waals surface area contributed by atoms with Crippen molar-refractivity contribution >= 4 is 33.0 Å². The molecule has 2 aromatic heterocycles. The summed E-state index contributed by atoms with van der Waals surface area (Å²) >= 11 is 7.37. The van der Waals surface area contributed by atoms with Crippen LogP contribution in [0.3, 0.4) is 0 Å². The summed E-state index contributed by atoms with van der Waals surface area (Å²) in [6.45, 7) is 2.14. The van der Waals surface area contributed by atoms with Crippen molar-refractivity contribution in [2.45, 2.75) is 18.4 Å². The molecule has 0 saturated heterocycles. The van der Waals surface area contributed by atoms with Gasteiger partial charge in [-0.05, 0) is 13.0 Å². The van der Waals surface area contributed by atoms with E-state index in [1.807, 2.05) is 6.92 Å². The van der Waals surface area contributed by atoms with Crippen molar-refractivity contribution in [1.29, 1.82) is 0 Å². The number of hydrogen-bond donors (Lipinski definition) is 0. The van der Waals surface area contributed by atoms with Crippen molar-refractivity contribution < 1.29 is 8.42 Å². The van der Waals surface area contributed by atoms with Crippen LogP contribution in [0.4, 0.5) is 0 Å². The highest BCUT2D eigenvalue weighted by atomic mass is 35.5. The average Bonchev–Trinajstić information content (AvgIpc) is 2.75. The molecule has 0 fully saturated rings. The van der Waals surface area contributed by atoms with Gasteiger partial charge in [-0.1, -0.05) is 11.6 Å². The van der Waals surface area contributed by atoms with E-state index in [0.29, 0.717) is 0 Å². The summed E-state index contributed by atoms with van der Waals surface area (Å²) in [7, 11) is -2.13. The first-order valence-electron chi connectivity index (χ1n) is 5.38. The topological polar surface area (TPSA) is 63.2 Å². The minimum atomic E-state index is -3.64. The Morgan fingerprint density at radius 2 is 2.16 bits per heavy atom. The van der Waals surface area contributed by atoms with Crippen LogP contribution in [0.2, 0.25) is 5.02 Å². The van der Waals surface area contributed by atoms with Gasteiger partial charge >= 0.3 is 0 Å². The van der Waals surface area contributed by atoms with Gasteiger partial charge in [0.05, 0.1) is 10.0 Å². The van der Waals surface area contributed by atoms with Crippen LogP contribution in [0.5, 0.6) is 0 Å². The molecule has 0 N–H and O–H groups in total. The van der Waals surface area contributed by atoms with Gasteiger partial charge in [0.25, 0.3) is 0 Å². The third kappa shape index (κ3) is 3.11. The number of nitrogens with zero attached hydrogens (tertiary/aromatic N) is 3. The minimum Gasteiger partial charge on any atom is -0.263 e. The normalized spacial score (nSPS) is 12.0. The standard InChI is InChI=1S/C11H12ClN3O2S2/c1-8-14-5-9(18-8)7-15(2)19(16,17)11-6-13-4-3-10(11)12/h3-6H,7H2,1-2H3. The fourth-order valence-corrected chi connectivity index (χ4v) is 3.98. The highest BCUT2D eigenvalue weighted by molar-refractivity contribution is 7.89. The van der Waals surface area contributed by atoms with Gasteiger partial charge in [0, 0.05) is 37.1 Å². The second-order valence-corrected chi connectivity index (χ2v) is 7.65. The molecule has 0 aromatic carbocycles. The number of pyridine rings is 1. The molecule has 0 aliphatic heterocycles. The van der Waals surface area contributed by atoms with E-state index in [0.717, 1.165) is 9.88 Å². The number of thiazole rings is 1. The van der Waals surface area contributed by atoms with E-state index in [-0.39, 0.29) is 16.5 Å². The highest BCUT2D eigenvalue weighted by Gasteiger charge is 2.24. The average molecular weight is 318 g/mol. The predicted molar refractivity (Wildman–Crippen MR) is 74.8 cm³/mol. The van der Waals surface area contributed by atoms with Gasteiger partial charge in [0.2, 0.25) is 10.0 Å². The second kappa shape index (κ2) is 5.54. The van der Waals surface area contributed by atoms with Gasteiger partial charge in [-0.25, -0.2) is 13.4 Å². The molecule has 2 heterocycles. The van der Waals surface area contributed by atoms with Crippen LogP contribution in [-0.4, -0.2) is 29.7 Å². The molecule has 0 radical (unpaired) electrons. The molecule has 0 bridgehead atoms. The predicted octanol–water partition coefficient (Wildman–Crippen LogP) is 2.32. The van der Waals surface area contributed by atoms with Crippen LogP contribution in [0.25, 0.3) is 0 Å². The van der Waals surface area contributed by atoms with Crippen LogP contribution >= 0.6 is 22.9 Å². The van der Waals surface area contributed by atoms with Crippen LogP contribution in [-0.2, 0) is 16.6 Å². The number of hydrogen-bond acceptors (Lipinski definition) is 5. The lowest BCUT2D eigenvalue weighted by Crippen LogP contribution is -2.26. The maximum atomic E-state index is 12.3. The molecular formula is C11H12ClN3O2S2. The highest BCUT2D eigenvalue weighted by Crippen LogP contribution is 2.24. The Labute approximate surface area is 120 Å². The molecule has 5 nitrogen and oxygen atoms in total. The number of rotatable bonds is 4. The third-order valence-corrected chi connectivity index (χ3v) is 5.64. The molecule has 8 heteroatoms. The Hall–Kier alpha value is -1.02. The molecule has 0 aliphatic rings. The Bertz CT molecular complexity index is 685. The fourth-order valence-electron chi connectivity index (χ4n) is 1.50. The number of sulfonamides is 1. The molecule has 0 spiro atoms. The maximum Gasteiger partial charge on any atom is 0.246 e. The lowest BCUT2D eigenvalue weighted by molar-refractivity contribution is 0.469. The molecule has 2 rings (SSSR count). The first kappa shape index (κ1) is 14.4. The van der Waals surface area contributed by atoms with Gasteiger partial charge in [-0.15, -0.1) is 11.3 Å². The molecule has 0 amide bonds. The summed E-state index contributed by atoms with van der Waals surface area (Å²) in [5.41, 5.74) is 0. The molecule has 2 aromatic rings. The molecule has 0 unspecified atom stereocenters.